The van der Waals surface area contributed by atoms with Crippen molar-refractivity contribution in [1.29, 1.82) is 0 Å². The lowest BCUT2D eigenvalue weighted by Crippen LogP contribution is -2.47. The van der Waals surface area contributed by atoms with Gasteiger partial charge in [-0.3, -0.25) is 9.69 Å². The lowest BCUT2D eigenvalue weighted by atomic mass is 10.2. The van der Waals surface area contributed by atoms with E-state index in [0.717, 1.165) is 30.0 Å². The number of hydrogen-bond donors (Lipinski definition) is 0. The summed E-state index contributed by atoms with van der Waals surface area (Å²) in [7, 11) is 1.63. The van der Waals surface area contributed by atoms with Crippen LogP contribution in [0.2, 0.25) is 5.02 Å². The molecule has 0 atom stereocenters. The zero-order chi connectivity index (χ0) is 21.6. The summed E-state index contributed by atoms with van der Waals surface area (Å²) in [4.78, 5) is 21.0. The molecule has 1 fully saturated rings. The van der Waals surface area contributed by atoms with Gasteiger partial charge in [-0.15, -0.1) is 0 Å². The second kappa shape index (κ2) is 9.76. The molecule has 4 rings (SSSR count). The van der Waals surface area contributed by atoms with Gasteiger partial charge in [-0.1, -0.05) is 28.9 Å². The quantitative estimate of drug-likeness (QED) is 0.546. The van der Waals surface area contributed by atoms with Gasteiger partial charge in [0.2, 0.25) is 17.6 Å². The molecule has 7 nitrogen and oxygen atoms in total. The van der Waals surface area contributed by atoms with Crippen LogP contribution < -0.4 is 4.74 Å². The van der Waals surface area contributed by atoms with Crippen LogP contribution in [0.25, 0.3) is 17.5 Å². The molecule has 1 aromatic heterocycles. The van der Waals surface area contributed by atoms with Crippen LogP contribution in [0.15, 0.2) is 59.1 Å². The number of carbonyl (C=O) groups excluding carboxylic acids is 1. The molecule has 2 aromatic carbocycles. The second-order valence-electron chi connectivity index (χ2n) is 7.23. The van der Waals surface area contributed by atoms with Crippen LogP contribution in [0.5, 0.6) is 5.75 Å². The van der Waals surface area contributed by atoms with Crippen LogP contribution in [0.3, 0.4) is 0 Å². The maximum atomic E-state index is 12.5. The molecule has 0 spiro atoms. The molecule has 2 heterocycles. The normalized spacial score (nSPS) is 14.8. The fraction of sp³-hybridized carbons (Fsp3) is 0.261. The van der Waals surface area contributed by atoms with Crippen LogP contribution in [-0.4, -0.2) is 59.1 Å². The summed E-state index contributed by atoms with van der Waals surface area (Å²) in [5.41, 5.74) is 1.82. The zero-order valence-electron chi connectivity index (χ0n) is 17.2. The number of amides is 1. The fourth-order valence-corrected chi connectivity index (χ4v) is 3.47. The molecule has 160 valence electrons. The van der Waals surface area contributed by atoms with Gasteiger partial charge in [-0.25, -0.2) is 0 Å². The molecule has 0 N–H and O–H groups in total. The molecular formula is C23H23ClN4O3. The average molecular weight is 439 g/mol. The number of ether oxygens (including phenoxy) is 1. The smallest absolute Gasteiger partial charge is 0.246 e. The minimum absolute atomic E-state index is 0.0123. The standard InChI is InChI=1S/C23H23ClN4O3/c1-30-20-9-2-17(3-10-20)4-11-22(29)28-14-12-27(13-15-28)16-21-25-23(26-31-21)18-5-7-19(24)8-6-18/h2-11H,12-16H2,1H3. The third-order valence-corrected chi connectivity index (χ3v) is 5.40. The highest BCUT2D eigenvalue weighted by molar-refractivity contribution is 6.30. The molecule has 0 bridgehead atoms. The van der Waals surface area contributed by atoms with Crippen molar-refractivity contribution in [1.82, 2.24) is 19.9 Å². The monoisotopic (exact) mass is 438 g/mol. The van der Waals surface area contributed by atoms with E-state index in [2.05, 4.69) is 15.0 Å². The Kier molecular flexibility index (Phi) is 6.64. The first-order chi connectivity index (χ1) is 15.1. The molecule has 0 saturated carbocycles. The predicted octanol–water partition coefficient (Wildman–Crippen LogP) is 3.76. The van der Waals surface area contributed by atoms with Gasteiger partial charge in [-0.2, -0.15) is 4.98 Å². The average Bonchev–Trinajstić information content (AvgIpc) is 3.27. The number of hydrogen-bond acceptors (Lipinski definition) is 6. The van der Waals surface area contributed by atoms with Gasteiger partial charge in [0.05, 0.1) is 13.7 Å². The molecule has 31 heavy (non-hydrogen) atoms. The number of rotatable bonds is 6. The molecule has 3 aromatic rings. The van der Waals surface area contributed by atoms with Crippen molar-refractivity contribution in [3.05, 3.63) is 71.1 Å². The molecule has 0 unspecified atom stereocenters. The number of benzene rings is 2. The van der Waals surface area contributed by atoms with Gasteiger partial charge in [0.1, 0.15) is 5.75 Å². The number of aromatic nitrogens is 2. The lowest BCUT2D eigenvalue weighted by molar-refractivity contribution is -0.127. The summed E-state index contributed by atoms with van der Waals surface area (Å²) in [5.74, 6) is 1.91. The lowest BCUT2D eigenvalue weighted by Gasteiger charge is -2.33. The predicted molar refractivity (Wildman–Crippen MR) is 119 cm³/mol. The van der Waals surface area contributed by atoms with Crippen molar-refractivity contribution < 1.29 is 14.1 Å². The summed E-state index contributed by atoms with van der Waals surface area (Å²) < 4.78 is 10.5. The largest absolute Gasteiger partial charge is 0.497 e. The van der Waals surface area contributed by atoms with Crippen molar-refractivity contribution in [3.8, 4) is 17.1 Å². The van der Waals surface area contributed by atoms with Gasteiger partial charge in [0, 0.05) is 42.8 Å². The maximum absolute atomic E-state index is 12.5. The Hall–Kier alpha value is -3.16. The van der Waals surface area contributed by atoms with E-state index in [1.807, 2.05) is 47.4 Å². The molecular weight excluding hydrogens is 416 g/mol. The van der Waals surface area contributed by atoms with E-state index in [-0.39, 0.29) is 5.91 Å². The zero-order valence-corrected chi connectivity index (χ0v) is 18.0. The molecule has 1 aliphatic rings. The van der Waals surface area contributed by atoms with E-state index in [4.69, 9.17) is 20.9 Å². The van der Waals surface area contributed by atoms with Crippen LogP contribution >= 0.6 is 11.6 Å². The highest BCUT2D eigenvalue weighted by Gasteiger charge is 2.21. The Balaban J connectivity index is 1.27. The van der Waals surface area contributed by atoms with Crippen molar-refractivity contribution in [2.24, 2.45) is 0 Å². The van der Waals surface area contributed by atoms with Gasteiger partial charge in [0.25, 0.3) is 0 Å². The highest BCUT2D eigenvalue weighted by atomic mass is 35.5. The first-order valence-electron chi connectivity index (χ1n) is 10.0. The molecule has 0 aliphatic carbocycles. The Morgan fingerprint density at radius 2 is 1.81 bits per heavy atom. The molecule has 1 amide bonds. The number of halogens is 1. The van der Waals surface area contributed by atoms with Gasteiger partial charge >= 0.3 is 0 Å². The maximum Gasteiger partial charge on any atom is 0.246 e. The molecule has 1 aliphatic heterocycles. The summed E-state index contributed by atoms with van der Waals surface area (Å²) in [6.07, 6.45) is 3.44. The van der Waals surface area contributed by atoms with Gasteiger partial charge < -0.3 is 14.2 Å². The van der Waals surface area contributed by atoms with Crippen LogP contribution in [0.1, 0.15) is 11.5 Å². The van der Waals surface area contributed by atoms with Crippen molar-refractivity contribution in [2.45, 2.75) is 6.54 Å². The van der Waals surface area contributed by atoms with Crippen LogP contribution in [0.4, 0.5) is 0 Å². The SMILES string of the molecule is COc1ccc(C=CC(=O)N2CCN(Cc3nc(-c4ccc(Cl)cc4)no3)CC2)cc1. The van der Waals surface area contributed by atoms with Gasteiger partial charge in [0.15, 0.2) is 0 Å². The molecule has 8 heteroatoms. The Bertz CT molecular complexity index is 1040. The first-order valence-corrected chi connectivity index (χ1v) is 10.4. The van der Waals surface area contributed by atoms with Crippen LogP contribution in [-0.2, 0) is 11.3 Å². The summed E-state index contributed by atoms with van der Waals surface area (Å²) in [5, 5.41) is 4.72. The third-order valence-electron chi connectivity index (χ3n) is 5.15. The van der Waals surface area contributed by atoms with E-state index in [1.54, 1.807) is 25.3 Å². The van der Waals surface area contributed by atoms with Crippen LogP contribution in [0, 0.1) is 0 Å². The Morgan fingerprint density at radius 1 is 1.10 bits per heavy atom. The first kappa shape index (κ1) is 21.1. The highest BCUT2D eigenvalue weighted by Crippen LogP contribution is 2.19. The molecule has 0 radical (unpaired) electrons. The molecule has 1 saturated heterocycles. The summed E-state index contributed by atoms with van der Waals surface area (Å²) in [6.45, 7) is 3.37. The minimum atomic E-state index is 0.0123. The number of piperazine rings is 1. The van der Waals surface area contributed by atoms with E-state index >= 15 is 0 Å². The Labute approximate surface area is 185 Å². The van der Waals surface area contributed by atoms with E-state index < -0.39 is 0 Å². The summed E-state index contributed by atoms with van der Waals surface area (Å²) >= 11 is 5.92. The van der Waals surface area contributed by atoms with E-state index in [9.17, 15) is 4.79 Å². The number of methoxy groups -OCH3 is 1. The van der Waals surface area contributed by atoms with E-state index in [1.165, 1.54) is 0 Å². The van der Waals surface area contributed by atoms with Crippen molar-refractivity contribution >= 4 is 23.6 Å². The second-order valence-corrected chi connectivity index (χ2v) is 7.66. The van der Waals surface area contributed by atoms with E-state index in [0.29, 0.717) is 36.4 Å². The fourth-order valence-electron chi connectivity index (χ4n) is 3.34. The summed E-state index contributed by atoms with van der Waals surface area (Å²) in [6, 6.07) is 14.9. The third kappa shape index (κ3) is 5.51. The Morgan fingerprint density at radius 3 is 2.48 bits per heavy atom. The topological polar surface area (TPSA) is 71.7 Å². The van der Waals surface area contributed by atoms with Gasteiger partial charge in [-0.05, 0) is 48.0 Å². The number of carbonyl (C=O) groups is 1. The number of nitrogens with zero attached hydrogens (tertiary/aromatic N) is 4. The van der Waals surface area contributed by atoms with Crippen molar-refractivity contribution in [3.63, 3.8) is 0 Å². The minimum Gasteiger partial charge on any atom is -0.497 e. The van der Waals surface area contributed by atoms with Crippen molar-refractivity contribution in [2.75, 3.05) is 33.3 Å².